The molecule has 2 N–H and O–H groups in total. The predicted molar refractivity (Wildman–Crippen MR) is 43.0 cm³/mol. The van der Waals surface area contributed by atoms with Crippen LogP contribution in [0.2, 0.25) is 0 Å². The molecule has 0 aromatic rings. The molecular weight excluding hydrogens is 258 g/mol. The average Bonchev–Trinajstić information content (AvgIpc) is 1.97. The van der Waals surface area contributed by atoms with Crippen molar-refractivity contribution >= 4 is 5.97 Å². The fourth-order valence-electron chi connectivity index (χ4n) is 1.37. The molecule has 0 radical (unpaired) electrons. The van der Waals surface area contributed by atoms with Gasteiger partial charge in [0.05, 0.1) is 6.10 Å². The first kappa shape index (κ1) is 16.0. The van der Waals surface area contributed by atoms with Gasteiger partial charge in [-0.1, -0.05) is 13.8 Å². The summed E-state index contributed by atoms with van der Waals surface area (Å²) in [5.41, 5.74) is -5.17. The standard InChI is InChI=1S/C8H10F6O3/c1-3(2)4(15)6(5(16)17,7(9,10)11)8(12,13)14/h3-4,15H,1-2H3,(H,16,17). The van der Waals surface area contributed by atoms with E-state index in [4.69, 9.17) is 10.2 Å². The largest absolute Gasteiger partial charge is 0.480 e. The van der Waals surface area contributed by atoms with E-state index in [-0.39, 0.29) is 0 Å². The predicted octanol–water partition coefficient (Wildman–Crippen LogP) is 2.20. The van der Waals surface area contributed by atoms with Crippen molar-refractivity contribution < 1.29 is 41.4 Å². The number of rotatable bonds is 3. The monoisotopic (exact) mass is 268 g/mol. The molecule has 1 unspecified atom stereocenters. The minimum Gasteiger partial charge on any atom is -0.480 e. The van der Waals surface area contributed by atoms with Crippen LogP contribution in [0.15, 0.2) is 0 Å². The van der Waals surface area contributed by atoms with Crippen LogP contribution in [0.5, 0.6) is 0 Å². The molecule has 9 heteroatoms. The van der Waals surface area contributed by atoms with Crippen molar-refractivity contribution in [2.24, 2.45) is 11.3 Å². The molecule has 0 heterocycles. The van der Waals surface area contributed by atoms with E-state index in [1.165, 1.54) is 0 Å². The number of alkyl halides is 6. The summed E-state index contributed by atoms with van der Waals surface area (Å²) in [5.74, 6) is -4.70. The van der Waals surface area contributed by atoms with E-state index in [9.17, 15) is 31.1 Å². The van der Waals surface area contributed by atoms with Crippen LogP contribution < -0.4 is 0 Å². The second kappa shape index (κ2) is 4.35. The lowest BCUT2D eigenvalue weighted by Gasteiger charge is -2.38. The van der Waals surface area contributed by atoms with E-state index in [0.29, 0.717) is 0 Å². The van der Waals surface area contributed by atoms with Crippen LogP contribution in [0.4, 0.5) is 26.3 Å². The molecule has 0 aromatic heterocycles. The Balaban J connectivity index is 6.06. The molecule has 0 aliphatic carbocycles. The average molecular weight is 268 g/mol. The highest BCUT2D eigenvalue weighted by atomic mass is 19.4. The lowest BCUT2D eigenvalue weighted by Crippen LogP contribution is -2.63. The van der Waals surface area contributed by atoms with Crippen LogP contribution in [-0.2, 0) is 4.79 Å². The molecule has 3 nitrogen and oxygen atoms in total. The fraction of sp³-hybridized carbons (Fsp3) is 0.875. The summed E-state index contributed by atoms with van der Waals surface area (Å²) in [6, 6.07) is 0. The van der Waals surface area contributed by atoms with Gasteiger partial charge in [0.15, 0.2) is 0 Å². The number of aliphatic carboxylic acids is 1. The van der Waals surface area contributed by atoms with Crippen molar-refractivity contribution in [1.29, 1.82) is 0 Å². The molecule has 0 saturated heterocycles. The molecule has 0 fully saturated rings. The Morgan fingerprint density at radius 2 is 1.29 bits per heavy atom. The number of aliphatic hydroxyl groups is 1. The Kier molecular flexibility index (Phi) is 4.10. The molecule has 102 valence electrons. The van der Waals surface area contributed by atoms with E-state index < -0.39 is 35.8 Å². The molecular formula is C8H10F6O3. The Morgan fingerprint density at radius 1 is 1.00 bits per heavy atom. The number of carbonyl (C=O) groups is 1. The van der Waals surface area contributed by atoms with Gasteiger partial charge in [0.25, 0.3) is 5.41 Å². The minimum atomic E-state index is -6.15. The minimum absolute atomic E-state index is 0.861. The summed E-state index contributed by atoms with van der Waals surface area (Å²) in [6.45, 7) is 1.72. The van der Waals surface area contributed by atoms with E-state index in [1.54, 1.807) is 0 Å². The fourth-order valence-corrected chi connectivity index (χ4v) is 1.37. The number of aliphatic hydroxyl groups excluding tert-OH is 1. The van der Waals surface area contributed by atoms with Crippen LogP contribution in [0.1, 0.15) is 13.8 Å². The van der Waals surface area contributed by atoms with Crippen LogP contribution in [-0.4, -0.2) is 34.6 Å². The first-order valence-electron chi connectivity index (χ1n) is 4.35. The topological polar surface area (TPSA) is 57.5 Å². The maximum absolute atomic E-state index is 12.5. The molecule has 0 aliphatic heterocycles. The van der Waals surface area contributed by atoms with Gasteiger partial charge in [-0.3, -0.25) is 4.79 Å². The summed E-state index contributed by atoms with van der Waals surface area (Å²) >= 11 is 0. The zero-order valence-corrected chi connectivity index (χ0v) is 8.73. The number of carboxylic acids is 1. The molecule has 0 aliphatic rings. The molecule has 1 atom stereocenters. The highest BCUT2D eigenvalue weighted by Gasteiger charge is 2.79. The smallest absolute Gasteiger partial charge is 0.416 e. The van der Waals surface area contributed by atoms with E-state index in [1.807, 2.05) is 0 Å². The number of halogens is 6. The lowest BCUT2D eigenvalue weighted by atomic mass is 9.75. The normalized spacial score (nSPS) is 16.1. The van der Waals surface area contributed by atoms with Crippen molar-refractivity contribution in [1.82, 2.24) is 0 Å². The number of hydrogen-bond acceptors (Lipinski definition) is 2. The summed E-state index contributed by atoms with van der Waals surface area (Å²) in [5, 5.41) is 17.4. The quantitative estimate of drug-likeness (QED) is 0.771. The van der Waals surface area contributed by atoms with Crippen molar-refractivity contribution in [2.45, 2.75) is 32.3 Å². The third-order valence-electron chi connectivity index (χ3n) is 2.31. The Morgan fingerprint density at radius 3 is 1.35 bits per heavy atom. The molecule has 0 aromatic carbocycles. The summed E-state index contributed by atoms with van der Waals surface area (Å²) in [6.07, 6.45) is -15.4. The Hall–Kier alpha value is -0.990. The number of carboxylic acid groups (broad SMARTS) is 1. The maximum Gasteiger partial charge on any atom is 0.416 e. The van der Waals surface area contributed by atoms with Gasteiger partial charge in [-0.2, -0.15) is 26.3 Å². The van der Waals surface area contributed by atoms with Crippen molar-refractivity contribution in [2.75, 3.05) is 0 Å². The van der Waals surface area contributed by atoms with Gasteiger partial charge in [-0.15, -0.1) is 0 Å². The molecule has 0 amide bonds. The first-order chi connectivity index (χ1) is 7.30. The van der Waals surface area contributed by atoms with Gasteiger partial charge in [-0.05, 0) is 5.92 Å². The second-order valence-corrected chi connectivity index (χ2v) is 3.80. The van der Waals surface area contributed by atoms with E-state index in [0.717, 1.165) is 13.8 Å². The van der Waals surface area contributed by atoms with Gasteiger partial charge in [0.1, 0.15) is 0 Å². The second-order valence-electron chi connectivity index (χ2n) is 3.80. The molecule has 0 bridgehead atoms. The number of hydrogen-bond donors (Lipinski definition) is 2. The molecule has 17 heavy (non-hydrogen) atoms. The lowest BCUT2D eigenvalue weighted by molar-refractivity contribution is -0.357. The van der Waals surface area contributed by atoms with Gasteiger partial charge in [0.2, 0.25) is 0 Å². The van der Waals surface area contributed by atoms with Gasteiger partial charge in [-0.25, -0.2) is 0 Å². The molecule has 0 spiro atoms. The van der Waals surface area contributed by atoms with Crippen LogP contribution in [0.3, 0.4) is 0 Å². The SMILES string of the molecule is CC(C)C(O)C(C(=O)O)(C(F)(F)F)C(F)(F)F. The maximum atomic E-state index is 12.5. The van der Waals surface area contributed by atoms with Crippen LogP contribution in [0.25, 0.3) is 0 Å². The van der Waals surface area contributed by atoms with E-state index >= 15 is 0 Å². The summed E-state index contributed by atoms with van der Waals surface area (Å²) < 4.78 is 74.8. The van der Waals surface area contributed by atoms with Crippen molar-refractivity contribution in [3.05, 3.63) is 0 Å². The zero-order chi connectivity index (χ0) is 14.2. The highest BCUT2D eigenvalue weighted by molar-refractivity contribution is 5.77. The van der Waals surface area contributed by atoms with E-state index in [2.05, 4.69) is 0 Å². The zero-order valence-electron chi connectivity index (χ0n) is 8.73. The van der Waals surface area contributed by atoms with Gasteiger partial charge < -0.3 is 10.2 Å². The third kappa shape index (κ3) is 2.33. The Bertz CT molecular complexity index is 279. The van der Waals surface area contributed by atoms with Crippen molar-refractivity contribution in [3.8, 4) is 0 Å². The summed E-state index contributed by atoms with van der Waals surface area (Å²) in [7, 11) is 0. The van der Waals surface area contributed by atoms with Crippen LogP contribution >= 0.6 is 0 Å². The van der Waals surface area contributed by atoms with Gasteiger partial charge in [0, 0.05) is 0 Å². The van der Waals surface area contributed by atoms with Crippen molar-refractivity contribution in [3.63, 3.8) is 0 Å². The van der Waals surface area contributed by atoms with Crippen LogP contribution in [0, 0.1) is 11.3 Å². The van der Waals surface area contributed by atoms with Gasteiger partial charge >= 0.3 is 18.3 Å². The third-order valence-corrected chi connectivity index (χ3v) is 2.31. The summed E-state index contributed by atoms with van der Waals surface area (Å²) in [4.78, 5) is 10.5. The first-order valence-corrected chi connectivity index (χ1v) is 4.35. The molecule has 0 saturated carbocycles. The highest BCUT2D eigenvalue weighted by Crippen LogP contribution is 2.54. The molecule has 0 rings (SSSR count). The Labute approximate surface area is 92.0 Å².